The van der Waals surface area contributed by atoms with Crippen molar-refractivity contribution in [3.05, 3.63) is 65.3 Å². The van der Waals surface area contributed by atoms with Crippen LogP contribution < -0.4 is 5.32 Å². The highest BCUT2D eigenvalue weighted by Crippen LogP contribution is 2.29. The Kier molecular flexibility index (Phi) is 4.65. The summed E-state index contributed by atoms with van der Waals surface area (Å²) in [5.41, 5.74) is 3.49. The number of esters is 1. The lowest BCUT2D eigenvalue weighted by Gasteiger charge is -2.15. The van der Waals surface area contributed by atoms with E-state index >= 15 is 0 Å². The Balaban J connectivity index is 1.79. The second-order valence-electron chi connectivity index (χ2n) is 4.99. The number of carbonyl (C=O) groups is 1. The fourth-order valence-electron chi connectivity index (χ4n) is 2.34. The number of benzene rings is 2. The zero-order valence-corrected chi connectivity index (χ0v) is 13.3. The number of nitrogens with one attached hydrogen (secondary N) is 1. The van der Waals surface area contributed by atoms with Crippen LogP contribution in [0.15, 0.2) is 65.3 Å². The molecule has 1 aliphatic rings. The number of hydrogen-bond donors (Lipinski definition) is 1. The fraction of sp³-hybridized carbons (Fsp3) is 0.167. The Bertz CT molecular complexity index is 726. The molecular formula is C18H16ClNO3. The van der Waals surface area contributed by atoms with Gasteiger partial charge in [-0.2, -0.15) is 0 Å². The SMILES string of the molecule is CCOC1OC(=O)C(Cl)=C1Nc1ccc(-c2ccccc2)cc1. The van der Waals surface area contributed by atoms with E-state index in [0.717, 1.165) is 16.8 Å². The van der Waals surface area contributed by atoms with Crippen LogP contribution in [0, 0.1) is 0 Å². The summed E-state index contributed by atoms with van der Waals surface area (Å²) < 4.78 is 10.4. The number of ether oxygens (including phenoxy) is 2. The average Bonchev–Trinajstić information content (AvgIpc) is 2.84. The highest BCUT2D eigenvalue weighted by molar-refractivity contribution is 6.42. The zero-order valence-electron chi connectivity index (χ0n) is 12.6. The predicted octanol–water partition coefficient (Wildman–Crippen LogP) is 4.14. The first kappa shape index (κ1) is 15.6. The average molecular weight is 330 g/mol. The van der Waals surface area contributed by atoms with E-state index in [1.807, 2.05) is 49.4 Å². The van der Waals surface area contributed by atoms with Gasteiger partial charge < -0.3 is 14.8 Å². The van der Waals surface area contributed by atoms with Crippen LogP contribution in [0.5, 0.6) is 0 Å². The van der Waals surface area contributed by atoms with Crippen molar-refractivity contribution in [1.82, 2.24) is 0 Å². The van der Waals surface area contributed by atoms with Gasteiger partial charge in [0.25, 0.3) is 0 Å². The molecule has 1 aliphatic heterocycles. The molecule has 0 amide bonds. The minimum absolute atomic E-state index is 0.0237. The first-order chi connectivity index (χ1) is 11.2. The molecule has 0 saturated heterocycles. The Morgan fingerprint density at radius 3 is 2.39 bits per heavy atom. The Morgan fingerprint density at radius 2 is 1.74 bits per heavy atom. The second kappa shape index (κ2) is 6.86. The van der Waals surface area contributed by atoms with E-state index in [2.05, 4.69) is 17.4 Å². The minimum Gasteiger partial charge on any atom is -0.425 e. The molecule has 2 aromatic rings. The van der Waals surface area contributed by atoms with Crippen molar-refractivity contribution < 1.29 is 14.3 Å². The van der Waals surface area contributed by atoms with Crippen molar-refractivity contribution in [3.63, 3.8) is 0 Å². The van der Waals surface area contributed by atoms with Gasteiger partial charge in [-0.05, 0) is 30.2 Å². The standard InChI is InChI=1S/C18H16ClNO3/c1-2-22-18-16(15(19)17(21)23-18)20-14-10-8-13(9-11-14)12-6-4-3-5-7-12/h3-11,18,20H,2H2,1H3. The highest BCUT2D eigenvalue weighted by Gasteiger charge is 2.34. The monoisotopic (exact) mass is 329 g/mol. The van der Waals surface area contributed by atoms with Crippen LogP contribution >= 0.6 is 11.6 Å². The number of anilines is 1. The largest absolute Gasteiger partial charge is 0.425 e. The van der Waals surface area contributed by atoms with Crippen molar-refractivity contribution >= 4 is 23.3 Å². The molecule has 0 saturated carbocycles. The van der Waals surface area contributed by atoms with Gasteiger partial charge in [-0.25, -0.2) is 4.79 Å². The van der Waals surface area contributed by atoms with Crippen LogP contribution in [-0.2, 0) is 14.3 Å². The Hall–Kier alpha value is -2.30. The van der Waals surface area contributed by atoms with Crippen LogP contribution in [0.2, 0.25) is 0 Å². The van der Waals surface area contributed by atoms with E-state index in [-0.39, 0.29) is 5.03 Å². The van der Waals surface area contributed by atoms with Gasteiger partial charge in [-0.3, -0.25) is 0 Å². The molecule has 23 heavy (non-hydrogen) atoms. The van der Waals surface area contributed by atoms with Gasteiger partial charge in [0.05, 0.1) is 0 Å². The third-order valence-electron chi connectivity index (χ3n) is 3.45. The molecule has 0 aromatic heterocycles. The normalized spacial score (nSPS) is 17.3. The van der Waals surface area contributed by atoms with Crippen LogP contribution in [-0.4, -0.2) is 18.9 Å². The van der Waals surface area contributed by atoms with Crippen molar-refractivity contribution in [1.29, 1.82) is 0 Å². The molecule has 3 rings (SSSR count). The van der Waals surface area contributed by atoms with E-state index in [1.165, 1.54) is 0 Å². The molecule has 0 spiro atoms. The minimum atomic E-state index is -0.784. The van der Waals surface area contributed by atoms with Crippen molar-refractivity contribution in [2.45, 2.75) is 13.2 Å². The third kappa shape index (κ3) is 3.38. The van der Waals surface area contributed by atoms with Crippen LogP contribution in [0.25, 0.3) is 11.1 Å². The fourth-order valence-corrected chi connectivity index (χ4v) is 2.52. The molecule has 2 aromatic carbocycles. The molecule has 1 atom stereocenters. The molecule has 118 valence electrons. The molecule has 0 radical (unpaired) electrons. The summed E-state index contributed by atoms with van der Waals surface area (Å²) in [6.45, 7) is 2.24. The predicted molar refractivity (Wildman–Crippen MR) is 89.9 cm³/mol. The molecule has 1 unspecified atom stereocenters. The van der Waals surface area contributed by atoms with Gasteiger partial charge in [-0.1, -0.05) is 54.1 Å². The second-order valence-corrected chi connectivity index (χ2v) is 5.37. The molecule has 0 fully saturated rings. The third-order valence-corrected chi connectivity index (χ3v) is 3.81. The molecule has 1 heterocycles. The summed E-state index contributed by atoms with van der Waals surface area (Å²) in [5.74, 6) is -0.575. The van der Waals surface area contributed by atoms with Gasteiger partial charge >= 0.3 is 5.97 Å². The number of halogens is 1. The number of rotatable bonds is 5. The maximum absolute atomic E-state index is 11.6. The van der Waals surface area contributed by atoms with E-state index in [1.54, 1.807) is 0 Å². The highest BCUT2D eigenvalue weighted by atomic mass is 35.5. The van der Waals surface area contributed by atoms with Crippen LogP contribution in [0.4, 0.5) is 5.69 Å². The van der Waals surface area contributed by atoms with E-state index in [4.69, 9.17) is 21.1 Å². The first-order valence-corrected chi connectivity index (χ1v) is 7.71. The number of hydrogen-bond acceptors (Lipinski definition) is 4. The van der Waals surface area contributed by atoms with Gasteiger partial charge in [0, 0.05) is 12.3 Å². The molecule has 0 bridgehead atoms. The molecular weight excluding hydrogens is 314 g/mol. The van der Waals surface area contributed by atoms with Gasteiger partial charge in [-0.15, -0.1) is 0 Å². The lowest BCUT2D eigenvalue weighted by molar-refractivity contribution is -0.158. The first-order valence-electron chi connectivity index (χ1n) is 7.34. The van der Waals surface area contributed by atoms with E-state index < -0.39 is 12.3 Å². The smallest absolute Gasteiger partial charge is 0.354 e. The zero-order chi connectivity index (χ0) is 16.2. The Morgan fingerprint density at radius 1 is 1.09 bits per heavy atom. The molecule has 5 heteroatoms. The Labute approximate surface area is 139 Å². The lowest BCUT2D eigenvalue weighted by atomic mass is 10.1. The molecule has 1 N–H and O–H groups in total. The quantitative estimate of drug-likeness (QED) is 0.838. The van der Waals surface area contributed by atoms with Gasteiger partial charge in [0.2, 0.25) is 6.29 Å². The summed E-state index contributed by atoms with van der Waals surface area (Å²) in [4.78, 5) is 11.6. The van der Waals surface area contributed by atoms with E-state index in [0.29, 0.717) is 12.3 Å². The summed E-state index contributed by atoms with van der Waals surface area (Å²) in [6.07, 6.45) is -0.784. The van der Waals surface area contributed by atoms with Crippen LogP contribution in [0.1, 0.15) is 6.92 Å². The van der Waals surface area contributed by atoms with Crippen molar-refractivity contribution in [2.24, 2.45) is 0 Å². The topological polar surface area (TPSA) is 47.6 Å². The maximum Gasteiger partial charge on any atom is 0.354 e. The van der Waals surface area contributed by atoms with Gasteiger partial charge in [0.1, 0.15) is 5.70 Å². The summed E-state index contributed by atoms with van der Waals surface area (Å²) in [6, 6.07) is 17.9. The summed E-state index contributed by atoms with van der Waals surface area (Å²) >= 11 is 6.00. The van der Waals surface area contributed by atoms with Crippen LogP contribution in [0.3, 0.4) is 0 Å². The number of cyclic esters (lactones) is 1. The van der Waals surface area contributed by atoms with Crippen molar-refractivity contribution in [2.75, 3.05) is 11.9 Å². The van der Waals surface area contributed by atoms with Crippen molar-refractivity contribution in [3.8, 4) is 11.1 Å². The lowest BCUT2D eigenvalue weighted by Crippen LogP contribution is -2.20. The summed E-state index contributed by atoms with van der Waals surface area (Å²) in [7, 11) is 0. The molecule has 0 aliphatic carbocycles. The molecule has 4 nitrogen and oxygen atoms in total. The number of carbonyl (C=O) groups excluding carboxylic acids is 1. The van der Waals surface area contributed by atoms with E-state index in [9.17, 15) is 4.79 Å². The summed E-state index contributed by atoms with van der Waals surface area (Å²) in [5, 5.41) is 3.14. The maximum atomic E-state index is 11.6. The van der Waals surface area contributed by atoms with Gasteiger partial charge in [0.15, 0.2) is 5.03 Å².